The van der Waals surface area contributed by atoms with Crippen LogP contribution >= 0.6 is 7.92 Å². The molecule has 0 N–H and O–H groups in total. The average Bonchev–Trinajstić information content (AvgIpc) is 2.12. The van der Waals surface area contributed by atoms with Crippen molar-refractivity contribution in [1.29, 1.82) is 0 Å². The molecule has 20 heavy (non-hydrogen) atoms. The van der Waals surface area contributed by atoms with Gasteiger partial charge in [0.1, 0.15) is 0 Å². The molecule has 0 nitrogen and oxygen atoms in total. The maximum absolute atomic E-state index is 2.38. The predicted molar refractivity (Wildman–Crippen MR) is 91.2 cm³/mol. The Kier molecular flexibility index (Phi) is 6.71. The first kappa shape index (κ1) is 20.3. The van der Waals surface area contributed by atoms with Crippen molar-refractivity contribution in [2.75, 3.05) is 0 Å². The summed E-state index contributed by atoms with van der Waals surface area (Å²) in [6.07, 6.45) is 0. The van der Waals surface area contributed by atoms with E-state index in [2.05, 4.69) is 86.6 Å². The fourth-order valence-corrected chi connectivity index (χ4v) is 6.90. The topological polar surface area (TPSA) is 0 Å². The summed E-state index contributed by atoms with van der Waals surface area (Å²) in [7, 11) is -0.186. The maximum atomic E-state index is 2.38. The van der Waals surface area contributed by atoms with Gasteiger partial charge in [-0.3, -0.25) is 0 Å². The molecule has 0 aliphatic carbocycles. The third-order valence-corrected chi connectivity index (χ3v) is 6.83. The van der Waals surface area contributed by atoms with Crippen molar-refractivity contribution < 1.29 is 20.4 Å². The third-order valence-electron chi connectivity index (χ3n) is 3.33. The molecule has 0 aromatic heterocycles. The molecule has 0 unspecified atom stereocenters. The summed E-state index contributed by atoms with van der Waals surface area (Å²) in [4.78, 5) is 0. The van der Waals surface area contributed by atoms with Crippen LogP contribution in [0.2, 0.25) is 0 Å². The van der Waals surface area contributed by atoms with E-state index < -0.39 is 0 Å². The molecule has 0 bridgehead atoms. The van der Waals surface area contributed by atoms with Gasteiger partial charge in [0, 0.05) is 20.4 Å². The Hall–Kier alpha value is 0.312. The third kappa shape index (κ3) is 5.26. The van der Waals surface area contributed by atoms with Gasteiger partial charge in [0.05, 0.1) is 0 Å². The van der Waals surface area contributed by atoms with Crippen molar-refractivity contribution in [2.24, 2.45) is 0 Å². The Morgan fingerprint density at radius 1 is 0.650 bits per heavy atom. The van der Waals surface area contributed by atoms with Crippen molar-refractivity contribution in [3.8, 4) is 0 Å². The quantitative estimate of drug-likeness (QED) is 0.431. The van der Waals surface area contributed by atoms with Crippen LogP contribution in [0.15, 0.2) is 24.3 Å². The zero-order valence-corrected chi connectivity index (χ0v) is 17.0. The second-order valence-corrected chi connectivity index (χ2v) is 12.3. The normalized spacial score (nSPS) is 13.3. The molecule has 0 aliphatic rings. The number of benzene rings is 1. The molecule has 0 saturated carbocycles. The second kappa shape index (κ2) is 6.61. The Balaban J connectivity index is 0.00000361. The average molecular weight is 385 g/mol. The van der Waals surface area contributed by atoms with Crippen LogP contribution in [0.3, 0.4) is 0 Å². The van der Waals surface area contributed by atoms with E-state index in [0.29, 0.717) is 10.3 Å². The van der Waals surface area contributed by atoms with E-state index in [4.69, 9.17) is 0 Å². The van der Waals surface area contributed by atoms with Gasteiger partial charge >= 0.3 is 0 Å². The van der Waals surface area contributed by atoms with Gasteiger partial charge in [0.25, 0.3) is 0 Å². The zero-order chi connectivity index (χ0) is 15.1. The molecule has 2 heteroatoms. The minimum Gasteiger partial charge on any atom is -0.0643 e. The Labute approximate surface area is 141 Å². The van der Waals surface area contributed by atoms with Gasteiger partial charge in [-0.05, 0) is 26.6 Å². The number of rotatable bonds is 1. The van der Waals surface area contributed by atoms with Gasteiger partial charge in [-0.25, -0.2) is 0 Å². The van der Waals surface area contributed by atoms with E-state index in [1.165, 1.54) is 10.9 Å². The smallest absolute Gasteiger partial charge is 0 e. The molecule has 0 heterocycles. The molecule has 0 aliphatic heterocycles. The van der Waals surface area contributed by atoms with E-state index >= 15 is 0 Å². The summed E-state index contributed by atoms with van der Waals surface area (Å²) >= 11 is 0. The van der Waals surface area contributed by atoms with Gasteiger partial charge in [-0.15, -0.1) is 0 Å². The molecule has 0 amide bonds. The van der Waals surface area contributed by atoms with Crippen LogP contribution in [0.25, 0.3) is 0 Å². The summed E-state index contributed by atoms with van der Waals surface area (Å²) in [6, 6.07) is 9.37. The van der Waals surface area contributed by atoms with E-state index in [0.717, 1.165) is 0 Å². The molecule has 0 radical (unpaired) electrons. The zero-order valence-electron chi connectivity index (χ0n) is 14.6. The van der Waals surface area contributed by atoms with Crippen molar-refractivity contribution in [1.82, 2.24) is 0 Å². The molecule has 1 aromatic carbocycles. The Morgan fingerprint density at radius 3 is 1.25 bits per heavy atom. The SMILES string of the molecule is CC(C)(C)c1ccc(P(C(C)(C)C)C(C)(C)C)cc1.[Pd]. The molecule has 0 atom stereocenters. The van der Waals surface area contributed by atoms with Crippen LogP contribution in [0.4, 0.5) is 0 Å². The largest absolute Gasteiger partial charge is 0.0643 e. The van der Waals surface area contributed by atoms with Crippen molar-refractivity contribution in [3.05, 3.63) is 29.8 Å². The standard InChI is InChI=1S/C18H31P.Pd/c1-16(2,3)14-10-12-15(13-11-14)19(17(4,5)6)18(7,8)9;/h10-13H,1-9H3;. The van der Waals surface area contributed by atoms with Gasteiger partial charge < -0.3 is 0 Å². The summed E-state index contributed by atoms with van der Waals surface area (Å²) in [5.74, 6) is 0. The Bertz CT molecular complexity index is 399. The summed E-state index contributed by atoms with van der Waals surface area (Å²) in [5, 5.41) is 2.22. The van der Waals surface area contributed by atoms with Crippen LogP contribution in [0.5, 0.6) is 0 Å². The first-order chi connectivity index (χ1) is 8.33. The van der Waals surface area contributed by atoms with E-state index in [9.17, 15) is 0 Å². The summed E-state index contributed by atoms with van der Waals surface area (Å²) in [6.45, 7) is 21.1. The first-order valence-electron chi connectivity index (χ1n) is 7.24. The summed E-state index contributed by atoms with van der Waals surface area (Å²) in [5.41, 5.74) is 1.67. The molecule has 1 rings (SSSR count). The fourth-order valence-electron chi connectivity index (χ4n) is 2.89. The van der Waals surface area contributed by atoms with Crippen molar-refractivity contribution in [2.45, 2.75) is 78.0 Å². The molecule has 1 aromatic rings. The molecule has 0 saturated heterocycles. The monoisotopic (exact) mass is 384 g/mol. The van der Waals surface area contributed by atoms with Gasteiger partial charge in [-0.2, -0.15) is 0 Å². The maximum Gasteiger partial charge on any atom is 0 e. The molecular formula is C18H31PPd. The van der Waals surface area contributed by atoms with Gasteiger partial charge in [-0.1, -0.05) is 94.5 Å². The van der Waals surface area contributed by atoms with Crippen LogP contribution in [0, 0.1) is 0 Å². The van der Waals surface area contributed by atoms with E-state index in [1.807, 2.05) is 0 Å². The van der Waals surface area contributed by atoms with Crippen LogP contribution < -0.4 is 5.30 Å². The minimum atomic E-state index is -0.186. The van der Waals surface area contributed by atoms with E-state index in [1.54, 1.807) is 0 Å². The Morgan fingerprint density at radius 2 is 1.00 bits per heavy atom. The van der Waals surface area contributed by atoms with Gasteiger partial charge in [0.15, 0.2) is 0 Å². The number of hydrogen-bond donors (Lipinski definition) is 0. The number of hydrogen-bond acceptors (Lipinski definition) is 0. The molecule has 0 fully saturated rings. The molecule has 118 valence electrons. The molecule has 0 spiro atoms. The van der Waals surface area contributed by atoms with E-state index in [-0.39, 0.29) is 33.8 Å². The molecular weight excluding hydrogens is 354 g/mol. The fraction of sp³-hybridized carbons (Fsp3) is 0.667. The van der Waals surface area contributed by atoms with Crippen LogP contribution in [-0.2, 0) is 25.8 Å². The first-order valence-corrected chi connectivity index (χ1v) is 8.58. The summed E-state index contributed by atoms with van der Waals surface area (Å²) < 4.78 is 0. The van der Waals surface area contributed by atoms with Crippen molar-refractivity contribution in [3.63, 3.8) is 0 Å². The van der Waals surface area contributed by atoms with Crippen LogP contribution in [-0.4, -0.2) is 10.3 Å². The van der Waals surface area contributed by atoms with Crippen molar-refractivity contribution >= 4 is 13.2 Å². The van der Waals surface area contributed by atoms with Gasteiger partial charge in [0.2, 0.25) is 0 Å². The van der Waals surface area contributed by atoms with Crippen LogP contribution in [0.1, 0.15) is 67.9 Å². The minimum absolute atomic E-state index is 0. The second-order valence-electron chi connectivity index (χ2n) is 8.47. The predicted octanol–water partition coefficient (Wildman–Crippen LogP) is 5.69.